The second-order valence-electron chi connectivity index (χ2n) is 8.82. The number of rotatable bonds is 8. The first-order valence-electron chi connectivity index (χ1n) is 11.5. The van der Waals surface area contributed by atoms with Crippen LogP contribution in [-0.4, -0.2) is 72.2 Å². The smallest absolute Gasteiger partial charge is 0.225 e. The molecular weight excluding hydrogens is 402 g/mol. The third kappa shape index (κ3) is 7.67. The molecule has 32 heavy (non-hydrogen) atoms. The van der Waals surface area contributed by atoms with E-state index in [0.717, 1.165) is 69.0 Å². The largest absolute Gasteiger partial charge is 0.488 e. The number of nitrogens with zero attached hydrogens (tertiary/aromatic N) is 5. The van der Waals surface area contributed by atoms with Gasteiger partial charge in [0.1, 0.15) is 11.4 Å². The summed E-state index contributed by atoms with van der Waals surface area (Å²) in [7, 11) is 0. The Morgan fingerprint density at radius 3 is 2.44 bits per heavy atom. The molecule has 1 aliphatic rings. The van der Waals surface area contributed by atoms with E-state index in [9.17, 15) is 0 Å². The van der Waals surface area contributed by atoms with Crippen LogP contribution in [0.15, 0.2) is 47.7 Å². The van der Waals surface area contributed by atoms with Crippen LogP contribution in [0.25, 0.3) is 0 Å². The number of guanidine groups is 1. The van der Waals surface area contributed by atoms with E-state index in [1.807, 2.05) is 24.3 Å². The Hall–Kier alpha value is -2.87. The van der Waals surface area contributed by atoms with Crippen LogP contribution in [0.4, 0.5) is 5.95 Å². The van der Waals surface area contributed by atoms with Crippen molar-refractivity contribution < 1.29 is 4.74 Å². The van der Waals surface area contributed by atoms with E-state index in [1.54, 1.807) is 12.4 Å². The Bertz CT molecular complexity index is 843. The molecule has 1 aliphatic heterocycles. The van der Waals surface area contributed by atoms with Crippen molar-refractivity contribution in [3.63, 3.8) is 0 Å². The monoisotopic (exact) mass is 439 g/mol. The Morgan fingerprint density at radius 1 is 1.03 bits per heavy atom. The topological polar surface area (TPSA) is 77.9 Å². The summed E-state index contributed by atoms with van der Waals surface area (Å²) in [5.74, 6) is 2.54. The highest BCUT2D eigenvalue weighted by Gasteiger charge is 2.18. The first-order chi connectivity index (χ1) is 15.4. The zero-order chi connectivity index (χ0) is 22.8. The summed E-state index contributed by atoms with van der Waals surface area (Å²) in [5.41, 5.74) is 0.845. The summed E-state index contributed by atoms with van der Waals surface area (Å²) in [6.45, 7) is 15.4. The van der Waals surface area contributed by atoms with Gasteiger partial charge in [0.05, 0.1) is 6.54 Å². The van der Waals surface area contributed by atoms with Crippen molar-refractivity contribution in [3.8, 4) is 5.75 Å². The van der Waals surface area contributed by atoms with Gasteiger partial charge >= 0.3 is 0 Å². The van der Waals surface area contributed by atoms with Crippen LogP contribution in [0.5, 0.6) is 5.75 Å². The molecule has 0 aliphatic carbocycles. The van der Waals surface area contributed by atoms with Gasteiger partial charge in [-0.1, -0.05) is 18.2 Å². The Balaban J connectivity index is 1.47. The van der Waals surface area contributed by atoms with Gasteiger partial charge < -0.3 is 20.3 Å². The van der Waals surface area contributed by atoms with Gasteiger partial charge in [0, 0.05) is 63.8 Å². The molecule has 2 aromatic rings. The zero-order valence-electron chi connectivity index (χ0n) is 19.8. The van der Waals surface area contributed by atoms with Gasteiger partial charge in [-0.25, -0.2) is 15.0 Å². The SMILES string of the molecule is CCNC(=NCc1ccccc1OC(C)(C)C)NCCN1CCN(c2ncccn2)CC1. The molecule has 174 valence electrons. The van der Waals surface area contributed by atoms with Gasteiger partial charge in [-0.2, -0.15) is 0 Å². The number of hydrogen-bond donors (Lipinski definition) is 2. The molecule has 8 heteroatoms. The van der Waals surface area contributed by atoms with Gasteiger partial charge in [0.2, 0.25) is 5.95 Å². The lowest BCUT2D eigenvalue weighted by Gasteiger charge is -2.34. The van der Waals surface area contributed by atoms with E-state index in [1.165, 1.54) is 0 Å². The van der Waals surface area contributed by atoms with Crippen molar-refractivity contribution in [3.05, 3.63) is 48.3 Å². The summed E-state index contributed by atoms with van der Waals surface area (Å²) >= 11 is 0. The summed E-state index contributed by atoms with van der Waals surface area (Å²) < 4.78 is 6.10. The Labute approximate surface area is 192 Å². The average molecular weight is 440 g/mol. The fraction of sp³-hybridized carbons (Fsp3) is 0.542. The summed E-state index contributed by atoms with van der Waals surface area (Å²) in [6.07, 6.45) is 3.60. The molecule has 2 N–H and O–H groups in total. The van der Waals surface area contributed by atoms with Crippen LogP contribution >= 0.6 is 0 Å². The van der Waals surface area contributed by atoms with Crippen LogP contribution in [0, 0.1) is 0 Å². The summed E-state index contributed by atoms with van der Waals surface area (Å²) in [4.78, 5) is 18.2. The lowest BCUT2D eigenvalue weighted by molar-refractivity contribution is 0.129. The second-order valence-corrected chi connectivity index (χ2v) is 8.82. The third-order valence-corrected chi connectivity index (χ3v) is 5.07. The predicted octanol–water partition coefficient (Wildman–Crippen LogP) is 2.53. The summed E-state index contributed by atoms with van der Waals surface area (Å²) in [5, 5.41) is 6.81. The van der Waals surface area contributed by atoms with Crippen molar-refractivity contribution in [1.82, 2.24) is 25.5 Å². The fourth-order valence-electron chi connectivity index (χ4n) is 3.53. The number of ether oxygens (including phenoxy) is 1. The average Bonchev–Trinajstić information content (AvgIpc) is 2.78. The lowest BCUT2D eigenvalue weighted by Crippen LogP contribution is -2.49. The minimum absolute atomic E-state index is 0.237. The number of aliphatic imine (C=N–C) groups is 1. The van der Waals surface area contributed by atoms with Crippen LogP contribution in [0.2, 0.25) is 0 Å². The predicted molar refractivity (Wildman–Crippen MR) is 130 cm³/mol. The first kappa shape index (κ1) is 23.8. The van der Waals surface area contributed by atoms with Gasteiger partial charge in [0.25, 0.3) is 0 Å². The van der Waals surface area contributed by atoms with Crippen molar-refractivity contribution in [2.24, 2.45) is 4.99 Å². The van der Waals surface area contributed by atoms with Gasteiger partial charge in [-0.05, 0) is 39.8 Å². The van der Waals surface area contributed by atoms with Crippen LogP contribution in [-0.2, 0) is 6.54 Å². The van der Waals surface area contributed by atoms with E-state index in [-0.39, 0.29) is 5.60 Å². The van der Waals surface area contributed by atoms with Crippen LogP contribution < -0.4 is 20.3 Å². The highest BCUT2D eigenvalue weighted by Crippen LogP contribution is 2.23. The van der Waals surface area contributed by atoms with Crippen molar-refractivity contribution in [1.29, 1.82) is 0 Å². The molecule has 0 amide bonds. The number of hydrogen-bond acceptors (Lipinski definition) is 6. The Kier molecular flexibility index (Phi) is 8.67. The van der Waals surface area contributed by atoms with Gasteiger partial charge in [-0.3, -0.25) is 4.90 Å². The van der Waals surface area contributed by atoms with E-state index in [0.29, 0.717) is 6.54 Å². The number of aromatic nitrogens is 2. The number of piperazine rings is 1. The molecule has 3 rings (SSSR count). The standard InChI is InChI=1S/C24H37N7O/c1-5-25-22(29-19-20-9-6-7-10-21(20)32-24(2,3)4)26-13-14-30-15-17-31(18-16-30)23-27-11-8-12-28-23/h6-12H,5,13-19H2,1-4H3,(H2,25,26,29). The zero-order valence-corrected chi connectivity index (χ0v) is 19.8. The minimum atomic E-state index is -0.237. The van der Waals surface area contributed by atoms with Crippen molar-refractivity contribution in [2.75, 3.05) is 50.7 Å². The maximum Gasteiger partial charge on any atom is 0.225 e. The number of para-hydroxylation sites is 1. The number of benzene rings is 1. The van der Waals surface area contributed by atoms with Gasteiger partial charge in [-0.15, -0.1) is 0 Å². The maximum atomic E-state index is 6.10. The third-order valence-electron chi connectivity index (χ3n) is 5.07. The fourth-order valence-corrected chi connectivity index (χ4v) is 3.53. The molecule has 1 fully saturated rings. The van der Waals surface area contributed by atoms with Crippen LogP contribution in [0.1, 0.15) is 33.3 Å². The van der Waals surface area contributed by atoms with E-state index in [4.69, 9.17) is 9.73 Å². The normalized spacial score (nSPS) is 15.5. The highest BCUT2D eigenvalue weighted by molar-refractivity contribution is 5.79. The highest BCUT2D eigenvalue weighted by atomic mass is 16.5. The molecule has 1 aromatic heterocycles. The molecule has 0 radical (unpaired) electrons. The quantitative estimate of drug-likeness (QED) is 0.483. The van der Waals surface area contributed by atoms with Crippen molar-refractivity contribution in [2.45, 2.75) is 39.8 Å². The van der Waals surface area contributed by atoms with E-state index < -0.39 is 0 Å². The molecule has 0 unspecified atom stereocenters. The lowest BCUT2D eigenvalue weighted by atomic mass is 10.1. The molecule has 1 aromatic carbocycles. The minimum Gasteiger partial charge on any atom is -0.488 e. The second kappa shape index (κ2) is 11.7. The van der Waals surface area contributed by atoms with Crippen LogP contribution in [0.3, 0.4) is 0 Å². The molecule has 0 bridgehead atoms. The molecule has 2 heterocycles. The summed E-state index contributed by atoms with van der Waals surface area (Å²) in [6, 6.07) is 9.97. The molecule has 1 saturated heterocycles. The molecule has 8 nitrogen and oxygen atoms in total. The number of nitrogens with one attached hydrogen (secondary N) is 2. The molecular formula is C24H37N7O. The molecule has 0 spiro atoms. The molecule has 0 atom stereocenters. The van der Waals surface area contributed by atoms with E-state index >= 15 is 0 Å². The van der Waals surface area contributed by atoms with E-state index in [2.05, 4.69) is 64.2 Å². The maximum absolute atomic E-state index is 6.10. The number of anilines is 1. The molecule has 0 saturated carbocycles. The first-order valence-corrected chi connectivity index (χ1v) is 11.5. The van der Waals surface area contributed by atoms with Gasteiger partial charge in [0.15, 0.2) is 5.96 Å². The van der Waals surface area contributed by atoms with Crippen molar-refractivity contribution >= 4 is 11.9 Å². The Morgan fingerprint density at radius 2 is 1.75 bits per heavy atom.